The van der Waals surface area contributed by atoms with Crippen molar-refractivity contribution in [2.45, 2.75) is 116 Å². The maximum atomic E-state index is 15.5. The van der Waals surface area contributed by atoms with Crippen molar-refractivity contribution in [1.29, 1.82) is 0 Å². The molecule has 5 fully saturated rings. The third kappa shape index (κ3) is 7.02. The number of rotatable bonds is 10. The van der Waals surface area contributed by atoms with Gasteiger partial charge in [0.15, 0.2) is 0 Å². The Balaban J connectivity index is 1.10. The van der Waals surface area contributed by atoms with Crippen LogP contribution >= 0.6 is 0 Å². The summed E-state index contributed by atoms with van der Waals surface area (Å²) in [5.74, 6) is 1.11. The van der Waals surface area contributed by atoms with Gasteiger partial charge in [-0.2, -0.15) is 5.10 Å². The predicted octanol–water partition coefficient (Wildman–Crippen LogP) is 9.25. The van der Waals surface area contributed by atoms with Crippen LogP contribution in [0.3, 0.4) is 0 Å². The molecule has 5 aliphatic rings. The summed E-state index contributed by atoms with van der Waals surface area (Å²) in [5.41, 5.74) is 4.66. The molecule has 4 saturated carbocycles. The molecule has 51 heavy (non-hydrogen) atoms. The van der Waals surface area contributed by atoms with Crippen molar-refractivity contribution in [3.63, 3.8) is 0 Å². The molecule has 274 valence electrons. The normalized spacial score (nSPS) is 26.2. The van der Waals surface area contributed by atoms with E-state index < -0.39 is 0 Å². The first-order chi connectivity index (χ1) is 24.5. The van der Waals surface area contributed by atoms with E-state index in [9.17, 15) is 9.59 Å². The highest BCUT2D eigenvalue weighted by Gasteiger charge is 2.51. The van der Waals surface area contributed by atoms with Gasteiger partial charge in [0.05, 0.1) is 13.3 Å². The van der Waals surface area contributed by atoms with Gasteiger partial charge in [0.1, 0.15) is 17.7 Å². The molecule has 2 bridgehead atoms. The lowest BCUT2D eigenvalue weighted by atomic mass is 9.51. The van der Waals surface area contributed by atoms with E-state index in [0.29, 0.717) is 49.3 Å². The van der Waals surface area contributed by atoms with Crippen molar-refractivity contribution in [2.75, 3.05) is 31.6 Å². The number of aromatic nitrogens is 2. The van der Waals surface area contributed by atoms with Crippen molar-refractivity contribution in [3.8, 4) is 16.9 Å². The van der Waals surface area contributed by atoms with Gasteiger partial charge in [-0.3, -0.25) is 9.48 Å². The number of hydrogen-bond acceptors (Lipinski definition) is 5. The fourth-order valence-corrected chi connectivity index (χ4v) is 9.28. The van der Waals surface area contributed by atoms with Crippen molar-refractivity contribution in [2.24, 2.45) is 17.3 Å². The van der Waals surface area contributed by atoms with E-state index in [0.717, 1.165) is 69.5 Å². The Hall–Kier alpha value is -3.88. The zero-order chi connectivity index (χ0) is 35.9. The minimum absolute atomic E-state index is 0.0102. The number of anilines is 1. The number of carbonyl (C=O) groups is 2. The van der Waals surface area contributed by atoms with Crippen LogP contribution in [0, 0.1) is 30.0 Å². The molecule has 3 aromatic rings. The smallest absolute Gasteiger partial charge is 0.410 e. The van der Waals surface area contributed by atoms with Crippen LogP contribution in [0.4, 0.5) is 14.9 Å². The highest BCUT2D eigenvalue weighted by atomic mass is 19.1. The van der Waals surface area contributed by atoms with Crippen LogP contribution in [0.2, 0.25) is 0 Å². The minimum atomic E-state index is -0.322. The largest absolute Gasteiger partial charge is 0.496 e. The summed E-state index contributed by atoms with van der Waals surface area (Å²) >= 11 is 0. The van der Waals surface area contributed by atoms with Gasteiger partial charge >= 0.3 is 6.09 Å². The Morgan fingerprint density at radius 2 is 1.71 bits per heavy atom. The molecular formula is C42H55FN4O4. The number of halogens is 1. The number of methoxy groups -OCH3 is 1. The molecule has 0 atom stereocenters. The number of carbonyl (C=O) groups excluding carboxylic acids is 2. The van der Waals surface area contributed by atoms with Crippen LogP contribution in [0.25, 0.3) is 11.1 Å². The van der Waals surface area contributed by atoms with Crippen LogP contribution in [0.5, 0.6) is 5.75 Å². The molecular weight excluding hydrogens is 643 g/mol. The van der Waals surface area contributed by atoms with Gasteiger partial charge in [0, 0.05) is 54.6 Å². The third-order valence-electron chi connectivity index (χ3n) is 13.0. The zero-order valence-corrected chi connectivity index (χ0v) is 31.1. The van der Waals surface area contributed by atoms with Gasteiger partial charge in [-0.25, -0.2) is 9.18 Å². The number of aryl methyl sites for hydroxylation is 1. The summed E-state index contributed by atoms with van der Waals surface area (Å²) in [7, 11) is 1.72. The van der Waals surface area contributed by atoms with E-state index in [1.165, 1.54) is 17.2 Å². The quantitative estimate of drug-likeness (QED) is 0.211. The molecule has 9 heteroatoms. The summed E-state index contributed by atoms with van der Waals surface area (Å²) in [6, 6.07) is 12.0. The predicted molar refractivity (Wildman–Crippen MR) is 197 cm³/mol. The first-order valence-corrected chi connectivity index (χ1v) is 19.3. The van der Waals surface area contributed by atoms with Crippen LogP contribution < -0.4 is 9.64 Å². The van der Waals surface area contributed by atoms with Gasteiger partial charge in [0.2, 0.25) is 5.91 Å². The molecule has 0 unspecified atom stereocenters. The molecule has 0 radical (unpaired) electrons. The second-order valence-corrected chi connectivity index (χ2v) is 16.4. The SMILES string of the molecule is CCC1CN(C(=O)OC2CCC(C(=O)N(CC34CCC(c5ccc(OC)c(C)c5)(CC3)CC4)c3ccc(F)c(-c4cnn(C(C)C)c4)c3)CC2)C1. The Bertz CT molecular complexity index is 1710. The summed E-state index contributed by atoms with van der Waals surface area (Å²) < 4.78 is 28.7. The minimum Gasteiger partial charge on any atom is -0.496 e. The summed E-state index contributed by atoms with van der Waals surface area (Å²) in [6.45, 7) is 10.5. The molecule has 8 nitrogen and oxygen atoms in total. The molecule has 0 N–H and O–H groups in total. The van der Waals surface area contributed by atoms with Gasteiger partial charge < -0.3 is 19.3 Å². The average Bonchev–Trinajstić information content (AvgIpc) is 3.62. The van der Waals surface area contributed by atoms with Crippen molar-refractivity contribution < 1.29 is 23.5 Å². The lowest BCUT2D eigenvalue weighted by molar-refractivity contribution is -0.124. The number of benzene rings is 2. The van der Waals surface area contributed by atoms with Gasteiger partial charge in [-0.15, -0.1) is 0 Å². The lowest BCUT2D eigenvalue weighted by Gasteiger charge is -2.55. The highest BCUT2D eigenvalue weighted by Crippen LogP contribution is 2.58. The maximum Gasteiger partial charge on any atom is 0.410 e. The number of fused-ring (bicyclic) bond motifs is 3. The number of hydrogen-bond donors (Lipinski definition) is 0. The van der Waals surface area contributed by atoms with E-state index in [4.69, 9.17) is 9.47 Å². The fourth-order valence-electron chi connectivity index (χ4n) is 9.28. The maximum absolute atomic E-state index is 15.5. The monoisotopic (exact) mass is 698 g/mol. The first kappa shape index (κ1) is 35.5. The molecule has 2 aromatic carbocycles. The molecule has 1 aromatic heterocycles. The summed E-state index contributed by atoms with van der Waals surface area (Å²) in [5, 5.41) is 4.46. The fraction of sp³-hybridized carbons (Fsp3) is 0.595. The van der Waals surface area contributed by atoms with E-state index in [1.807, 2.05) is 35.7 Å². The lowest BCUT2D eigenvalue weighted by Crippen LogP contribution is -2.52. The molecule has 2 amide bonds. The van der Waals surface area contributed by atoms with Crippen molar-refractivity contribution >= 4 is 17.7 Å². The van der Waals surface area contributed by atoms with E-state index in [2.05, 4.69) is 37.1 Å². The molecule has 2 heterocycles. The van der Waals surface area contributed by atoms with Gasteiger partial charge in [-0.05, 0) is 144 Å². The van der Waals surface area contributed by atoms with E-state index in [-0.39, 0.29) is 46.7 Å². The Kier molecular flexibility index (Phi) is 9.94. The van der Waals surface area contributed by atoms with Gasteiger partial charge in [-0.1, -0.05) is 19.1 Å². The van der Waals surface area contributed by atoms with Crippen molar-refractivity contribution in [3.05, 3.63) is 65.7 Å². The standard InChI is InChI=1S/C42H55FN4O4/c1-6-30-24-45(25-30)40(49)51-35-11-7-31(8-12-35)39(48)46(34-10-13-37(43)36(22-34)32-23-44-47(26-32)28(2)3)27-41-15-18-42(19-16-41,20-17-41)33-9-14-38(50-5)29(4)21-33/h9-10,13-14,21-23,26,28,30-31,35H,6-8,11-12,15-20,24-25,27H2,1-5H3. The molecule has 8 rings (SSSR count). The van der Waals surface area contributed by atoms with Gasteiger partial charge in [0.25, 0.3) is 0 Å². The zero-order valence-electron chi connectivity index (χ0n) is 31.1. The van der Waals surface area contributed by atoms with Crippen LogP contribution in [0.15, 0.2) is 48.8 Å². The Morgan fingerprint density at radius 1 is 1.00 bits per heavy atom. The third-order valence-corrected chi connectivity index (χ3v) is 13.0. The average molecular weight is 699 g/mol. The number of ether oxygens (including phenoxy) is 2. The molecule has 4 aliphatic carbocycles. The van der Waals surface area contributed by atoms with Crippen LogP contribution in [-0.2, 0) is 14.9 Å². The number of amides is 2. The highest BCUT2D eigenvalue weighted by molar-refractivity contribution is 5.96. The van der Waals surface area contributed by atoms with Crippen LogP contribution in [-0.4, -0.2) is 59.5 Å². The number of nitrogens with zero attached hydrogens (tertiary/aromatic N) is 4. The van der Waals surface area contributed by atoms with E-state index >= 15 is 4.39 Å². The second kappa shape index (κ2) is 14.3. The molecule has 1 aliphatic heterocycles. The summed E-state index contributed by atoms with van der Waals surface area (Å²) in [6.07, 6.45) is 13.4. The van der Waals surface area contributed by atoms with E-state index in [1.54, 1.807) is 24.3 Å². The van der Waals surface area contributed by atoms with Crippen LogP contribution in [0.1, 0.15) is 109 Å². The Morgan fingerprint density at radius 3 is 2.31 bits per heavy atom. The number of likely N-dealkylation sites (tertiary alicyclic amines) is 1. The first-order valence-electron chi connectivity index (χ1n) is 19.3. The Labute approximate surface area is 302 Å². The van der Waals surface area contributed by atoms with Crippen molar-refractivity contribution in [1.82, 2.24) is 14.7 Å². The topological polar surface area (TPSA) is 76.9 Å². The molecule has 0 spiro atoms. The summed E-state index contributed by atoms with van der Waals surface area (Å²) in [4.78, 5) is 31.2. The second-order valence-electron chi connectivity index (χ2n) is 16.4. The molecule has 1 saturated heterocycles.